The van der Waals surface area contributed by atoms with Gasteiger partial charge in [-0.2, -0.15) is 4.72 Å². The van der Waals surface area contributed by atoms with E-state index >= 15 is 0 Å². The zero-order chi connectivity index (χ0) is 13.6. The van der Waals surface area contributed by atoms with Crippen LogP contribution in [0.3, 0.4) is 0 Å². The lowest BCUT2D eigenvalue weighted by Crippen LogP contribution is -2.53. The molecule has 2 aliphatic heterocycles. The van der Waals surface area contributed by atoms with E-state index in [9.17, 15) is 14.1 Å². The van der Waals surface area contributed by atoms with Crippen LogP contribution in [0, 0.1) is 6.92 Å². The van der Waals surface area contributed by atoms with E-state index < -0.39 is 17.4 Å². The summed E-state index contributed by atoms with van der Waals surface area (Å²) in [5.74, 6) is -0.0239. The predicted octanol–water partition coefficient (Wildman–Crippen LogP) is 0.503. The fourth-order valence-electron chi connectivity index (χ4n) is 2.57. The summed E-state index contributed by atoms with van der Waals surface area (Å²) in [5, 5.41) is 0. The van der Waals surface area contributed by atoms with Crippen LogP contribution in [0.2, 0.25) is 0 Å². The molecule has 1 N–H and O–H groups in total. The number of hydrogen-bond acceptors (Lipinski definition) is 3. The molecule has 1 aromatic carbocycles. The van der Waals surface area contributed by atoms with Crippen LogP contribution in [0.25, 0.3) is 0 Å². The maximum atomic E-state index is 12.3. The van der Waals surface area contributed by atoms with E-state index in [1.807, 2.05) is 25.1 Å². The molecule has 0 aromatic heterocycles. The fraction of sp³-hybridized carbons (Fsp3) is 0.385. The summed E-state index contributed by atoms with van der Waals surface area (Å²) in [5.41, 5.74) is 2.66. The van der Waals surface area contributed by atoms with Crippen LogP contribution < -0.4 is 4.72 Å². The quantitative estimate of drug-likeness (QED) is 0.760. The molecule has 2 heterocycles. The number of carbonyl (C=O) groups excluding carboxylic acids is 2. The smallest absolute Gasteiger partial charge is 0.284 e. The Balaban J connectivity index is 1.86. The number of aryl methyl sites for hydroxylation is 1. The number of nitrogens with zero attached hydrogens (tertiary/aromatic N) is 1. The minimum absolute atomic E-state index is 0.105. The lowest BCUT2D eigenvalue weighted by atomic mass is 10.1. The van der Waals surface area contributed by atoms with Crippen LogP contribution in [0.1, 0.15) is 27.9 Å². The molecule has 2 unspecified atom stereocenters. The minimum Gasteiger partial charge on any atom is -0.593 e. The van der Waals surface area contributed by atoms with Gasteiger partial charge in [0.15, 0.2) is 0 Å². The topological polar surface area (TPSA) is 72.5 Å². The third-order valence-electron chi connectivity index (χ3n) is 3.57. The van der Waals surface area contributed by atoms with Gasteiger partial charge in [-0.15, -0.1) is 0 Å². The molecule has 19 heavy (non-hydrogen) atoms. The summed E-state index contributed by atoms with van der Waals surface area (Å²) in [7, 11) is 0. The molecule has 0 bridgehead atoms. The SMILES string of the molecule is Cc1ccc2c(c1)C(=O)N(C1CC[S+]([O-])NC1=O)C2. The van der Waals surface area contributed by atoms with Crippen LogP contribution in [0.5, 0.6) is 0 Å². The lowest BCUT2D eigenvalue weighted by Gasteiger charge is -2.30. The number of carbonyl (C=O) groups is 2. The molecule has 3 rings (SSSR count). The molecule has 2 atom stereocenters. The van der Waals surface area contributed by atoms with Crippen molar-refractivity contribution in [1.82, 2.24) is 9.62 Å². The third-order valence-corrected chi connectivity index (χ3v) is 4.60. The molecular formula is C13H14N2O3S. The van der Waals surface area contributed by atoms with Crippen LogP contribution in [0.4, 0.5) is 0 Å². The minimum atomic E-state index is -1.29. The molecule has 1 saturated heterocycles. The van der Waals surface area contributed by atoms with E-state index in [0.717, 1.165) is 11.1 Å². The highest BCUT2D eigenvalue weighted by Gasteiger charge is 2.40. The Morgan fingerprint density at radius 2 is 2.21 bits per heavy atom. The summed E-state index contributed by atoms with van der Waals surface area (Å²) in [6, 6.07) is 5.25. The van der Waals surface area contributed by atoms with Gasteiger partial charge in [0, 0.05) is 18.5 Å². The molecule has 0 saturated carbocycles. The first kappa shape index (κ1) is 12.5. The number of nitrogens with one attached hydrogen (secondary N) is 1. The van der Waals surface area contributed by atoms with Gasteiger partial charge in [-0.05, 0) is 18.6 Å². The maximum Gasteiger partial charge on any atom is 0.284 e. The maximum absolute atomic E-state index is 12.3. The van der Waals surface area contributed by atoms with Crippen molar-refractivity contribution in [1.29, 1.82) is 0 Å². The highest BCUT2D eigenvalue weighted by atomic mass is 32.2. The van der Waals surface area contributed by atoms with E-state index in [1.54, 1.807) is 4.90 Å². The average molecular weight is 278 g/mol. The molecule has 1 fully saturated rings. The van der Waals surface area contributed by atoms with Crippen molar-refractivity contribution >= 4 is 23.2 Å². The summed E-state index contributed by atoms with van der Waals surface area (Å²) < 4.78 is 13.7. The van der Waals surface area contributed by atoms with Gasteiger partial charge >= 0.3 is 0 Å². The van der Waals surface area contributed by atoms with Gasteiger partial charge in [-0.3, -0.25) is 9.59 Å². The van der Waals surface area contributed by atoms with Crippen LogP contribution in [-0.4, -0.2) is 33.1 Å². The monoisotopic (exact) mass is 278 g/mol. The van der Waals surface area contributed by atoms with E-state index in [4.69, 9.17) is 0 Å². The Labute approximate surface area is 114 Å². The van der Waals surface area contributed by atoms with Gasteiger partial charge in [0.25, 0.3) is 11.8 Å². The first-order valence-corrected chi connectivity index (χ1v) is 7.47. The van der Waals surface area contributed by atoms with Crippen molar-refractivity contribution in [3.8, 4) is 0 Å². The van der Waals surface area contributed by atoms with Crippen molar-refractivity contribution < 1.29 is 14.1 Å². The van der Waals surface area contributed by atoms with Gasteiger partial charge in [-0.25, -0.2) is 0 Å². The highest BCUT2D eigenvalue weighted by Crippen LogP contribution is 2.27. The first-order valence-electron chi connectivity index (χ1n) is 6.15. The standard InChI is InChI=1S/C13H14N2O3S/c1-8-2-3-9-7-15(13(17)10(9)6-8)11-4-5-19(18)14-12(11)16/h2-3,6,11H,4-5,7H2,1H3,(H,14,16). The highest BCUT2D eigenvalue weighted by molar-refractivity contribution is 7.90. The molecule has 5 nitrogen and oxygen atoms in total. The van der Waals surface area contributed by atoms with Crippen molar-refractivity contribution in [3.05, 3.63) is 34.9 Å². The van der Waals surface area contributed by atoms with Gasteiger partial charge in [0.1, 0.15) is 11.8 Å². The third kappa shape index (κ3) is 2.11. The summed E-state index contributed by atoms with van der Waals surface area (Å²) in [6.45, 7) is 2.39. The van der Waals surface area contributed by atoms with E-state index in [1.165, 1.54) is 0 Å². The Hall–Kier alpha value is -1.53. The molecule has 0 aliphatic carbocycles. The number of benzene rings is 1. The van der Waals surface area contributed by atoms with Gasteiger partial charge < -0.3 is 9.45 Å². The summed E-state index contributed by atoms with van der Waals surface area (Å²) in [4.78, 5) is 25.8. The Bertz CT molecular complexity index is 561. The zero-order valence-corrected chi connectivity index (χ0v) is 11.3. The van der Waals surface area contributed by atoms with Gasteiger partial charge in [0.05, 0.1) is 11.4 Å². The first-order chi connectivity index (χ1) is 9.06. The zero-order valence-electron chi connectivity index (χ0n) is 10.5. The second kappa shape index (κ2) is 4.54. The van der Waals surface area contributed by atoms with Gasteiger partial charge in [0.2, 0.25) is 0 Å². The largest absolute Gasteiger partial charge is 0.593 e. The Kier molecular flexibility index (Phi) is 2.99. The van der Waals surface area contributed by atoms with E-state index in [-0.39, 0.29) is 11.8 Å². The molecular weight excluding hydrogens is 264 g/mol. The molecule has 6 heteroatoms. The lowest BCUT2D eigenvalue weighted by molar-refractivity contribution is -0.124. The molecule has 2 amide bonds. The second-order valence-corrected chi connectivity index (χ2v) is 6.22. The van der Waals surface area contributed by atoms with E-state index in [2.05, 4.69) is 4.72 Å². The summed E-state index contributed by atoms with van der Waals surface area (Å²) in [6.07, 6.45) is 0.456. The van der Waals surface area contributed by atoms with Crippen molar-refractivity contribution in [3.63, 3.8) is 0 Å². The summed E-state index contributed by atoms with van der Waals surface area (Å²) >= 11 is -1.29. The molecule has 1 aromatic rings. The molecule has 0 radical (unpaired) electrons. The normalized spacial score (nSPS) is 26.3. The van der Waals surface area contributed by atoms with Crippen molar-refractivity contribution in [2.75, 3.05) is 5.75 Å². The van der Waals surface area contributed by atoms with Crippen molar-refractivity contribution in [2.45, 2.75) is 25.9 Å². The van der Waals surface area contributed by atoms with Crippen LogP contribution >= 0.6 is 0 Å². The number of fused-ring (bicyclic) bond motifs is 1. The average Bonchev–Trinajstić information content (AvgIpc) is 2.67. The Morgan fingerprint density at radius 1 is 1.42 bits per heavy atom. The van der Waals surface area contributed by atoms with E-state index in [0.29, 0.717) is 24.3 Å². The molecule has 2 aliphatic rings. The van der Waals surface area contributed by atoms with Crippen LogP contribution in [-0.2, 0) is 22.7 Å². The van der Waals surface area contributed by atoms with Crippen molar-refractivity contribution in [2.24, 2.45) is 0 Å². The Morgan fingerprint density at radius 3 is 2.95 bits per heavy atom. The molecule has 100 valence electrons. The molecule has 0 spiro atoms. The number of rotatable bonds is 1. The second-order valence-electron chi connectivity index (χ2n) is 4.91. The number of hydrogen-bond donors (Lipinski definition) is 1. The van der Waals surface area contributed by atoms with Crippen LogP contribution in [0.15, 0.2) is 18.2 Å². The predicted molar refractivity (Wildman–Crippen MR) is 70.6 cm³/mol. The number of amides is 2. The fourth-order valence-corrected chi connectivity index (χ4v) is 3.47. The van der Waals surface area contributed by atoms with Gasteiger partial charge in [-0.1, -0.05) is 17.7 Å².